The number of aryl methyl sites for hydroxylation is 1. The molecule has 12 heteroatoms. The van der Waals surface area contributed by atoms with Crippen LogP contribution in [0, 0.1) is 6.92 Å². The van der Waals surface area contributed by atoms with E-state index >= 15 is 0 Å². The Balaban J connectivity index is 1.31. The van der Waals surface area contributed by atoms with Gasteiger partial charge in [0, 0.05) is 59.5 Å². The molecule has 2 heterocycles. The third-order valence-corrected chi connectivity index (χ3v) is 9.94. The molecule has 4 aromatic rings. The van der Waals surface area contributed by atoms with Gasteiger partial charge in [-0.15, -0.1) is 23.1 Å². The monoisotopic (exact) mass is 657 g/mol. The van der Waals surface area contributed by atoms with E-state index in [-0.39, 0.29) is 0 Å². The van der Waals surface area contributed by atoms with Crippen LogP contribution in [-0.4, -0.2) is 60.4 Å². The number of carbonyl (C=O) groups is 1. The van der Waals surface area contributed by atoms with Crippen LogP contribution in [0.4, 0.5) is 18.9 Å². The van der Waals surface area contributed by atoms with Crippen molar-refractivity contribution in [2.75, 3.05) is 38.2 Å². The summed E-state index contributed by atoms with van der Waals surface area (Å²) in [5.41, 5.74) is 2.87. The van der Waals surface area contributed by atoms with E-state index in [0.717, 1.165) is 70.8 Å². The van der Waals surface area contributed by atoms with Crippen LogP contribution in [-0.2, 0) is 23.3 Å². The first kappa shape index (κ1) is 32.6. The van der Waals surface area contributed by atoms with Gasteiger partial charge in [0.1, 0.15) is 16.5 Å². The van der Waals surface area contributed by atoms with E-state index in [0.29, 0.717) is 28.6 Å². The minimum Gasteiger partial charge on any atom is -0.497 e. The summed E-state index contributed by atoms with van der Waals surface area (Å²) in [6.07, 6.45) is -5.35. The van der Waals surface area contributed by atoms with E-state index in [1.807, 2.05) is 31.2 Å². The Hall–Kier alpha value is -3.74. The van der Waals surface area contributed by atoms with Gasteiger partial charge in [0.05, 0.1) is 18.4 Å². The van der Waals surface area contributed by atoms with Crippen LogP contribution < -0.4 is 14.4 Å². The zero-order valence-electron chi connectivity index (χ0n) is 25.1. The van der Waals surface area contributed by atoms with Crippen LogP contribution in [0.25, 0.3) is 10.6 Å². The Kier molecular flexibility index (Phi) is 10.3. The third kappa shape index (κ3) is 8.30. The van der Waals surface area contributed by atoms with Gasteiger partial charge in [-0.05, 0) is 74.0 Å². The summed E-state index contributed by atoms with van der Waals surface area (Å²) >= 11 is 3.13. The van der Waals surface area contributed by atoms with Crippen molar-refractivity contribution in [2.24, 2.45) is 0 Å². The molecule has 238 valence electrons. The molecule has 0 spiro atoms. The number of carboxylic acid groups (broad SMARTS) is 1. The van der Waals surface area contributed by atoms with Gasteiger partial charge in [-0.3, -0.25) is 4.90 Å². The summed E-state index contributed by atoms with van der Waals surface area (Å²) in [5.74, 6) is 0.940. The van der Waals surface area contributed by atoms with E-state index in [2.05, 4.69) is 21.9 Å². The number of aliphatic carboxylic acids is 1. The van der Waals surface area contributed by atoms with E-state index < -0.39 is 23.8 Å². The number of benzene rings is 3. The van der Waals surface area contributed by atoms with Gasteiger partial charge in [-0.2, -0.15) is 13.2 Å². The van der Waals surface area contributed by atoms with E-state index in [9.17, 15) is 18.0 Å². The maximum absolute atomic E-state index is 13.2. The SMILES string of the molecule is COc1ccc(N2CCN(Cc3nc(-c4ccc(C(F)(F)F)cc4)sc3CSc3ccc(O[C@@H](C)C(=O)O)c(C)c3)CC2)cc1. The predicted octanol–water partition coefficient (Wildman–Crippen LogP) is 7.61. The van der Waals surface area contributed by atoms with Crippen molar-refractivity contribution in [1.82, 2.24) is 9.88 Å². The number of ether oxygens (including phenoxy) is 2. The molecule has 0 aliphatic carbocycles. The molecule has 45 heavy (non-hydrogen) atoms. The van der Waals surface area contributed by atoms with Crippen LogP contribution in [0.3, 0.4) is 0 Å². The standard InChI is InChI=1S/C33H34F3N3O4S2/c1-21-18-27(12-13-29(21)43-22(2)32(40)41)44-20-30-28(37-31(45-30)23-4-6-24(7-5-23)33(34,35)36)19-38-14-16-39(17-15-38)25-8-10-26(42-3)11-9-25/h4-13,18,22H,14-17,19-20H2,1-3H3,(H,40,41)/t22-/m0/s1. The molecule has 1 aromatic heterocycles. The number of methoxy groups -OCH3 is 1. The van der Waals surface area contributed by atoms with Crippen molar-refractivity contribution in [3.05, 3.63) is 88.4 Å². The van der Waals surface area contributed by atoms with Crippen molar-refractivity contribution in [2.45, 2.75) is 43.3 Å². The molecule has 3 aromatic carbocycles. The van der Waals surface area contributed by atoms with Crippen molar-refractivity contribution in [3.8, 4) is 22.1 Å². The van der Waals surface area contributed by atoms with Crippen molar-refractivity contribution in [1.29, 1.82) is 0 Å². The molecule has 1 fully saturated rings. The molecule has 0 unspecified atom stereocenters. The van der Waals surface area contributed by atoms with Crippen LogP contribution in [0.2, 0.25) is 0 Å². The highest BCUT2D eigenvalue weighted by atomic mass is 32.2. The predicted molar refractivity (Wildman–Crippen MR) is 172 cm³/mol. The molecule has 1 aliphatic heterocycles. The summed E-state index contributed by atoms with van der Waals surface area (Å²) in [7, 11) is 1.65. The fraction of sp³-hybridized carbons (Fsp3) is 0.333. The number of aromatic nitrogens is 1. The molecule has 1 atom stereocenters. The summed E-state index contributed by atoms with van der Waals surface area (Å²) < 4.78 is 50.3. The Labute approximate surface area is 268 Å². The van der Waals surface area contributed by atoms with Gasteiger partial charge in [0.25, 0.3) is 0 Å². The molecule has 0 radical (unpaired) electrons. The maximum atomic E-state index is 13.2. The zero-order valence-corrected chi connectivity index (χ0v) is 26.8. The lowest BCUT2D eigenvalue weighted by Gasteiger charge is -2.36. The molecule has 1 saturated heterocycles. The molecule has 0 bridgehead atoms. The third-order valence-electron chi connectivity index (χ3n) is 7.59. The normalized spacial score (nSPS) is 14.8. The molecule has 1 N–H and O–H groups in total. The van der Waals surface area contributed by atoms with E-state index in [4.69, 9.17) is 19.6 Å². The second-order valence-corrected chi connectivity index (χ2v) is 12.9. The second-order valence-electron chi connectivity index (χ2n) is 10.7. The first-order valence-electron chi connectivity index (χ1n) is 14.4. The summed E-state index contributed by atoms with van der Waals surface area (Å²) in [6, 6.07) is 18.8. The largest absolute Gasteiger partial charge is 0.497 e. The number of hydrogen-bond acceptors (Lipinski definition) is 8. The number of nitrogens with zero attached hydrogens (tertiary/aromatic N) is 3. The summed E-state index contributed by atoms with van der Waals surface area (Å²) in [6.45, 7) is 7.43. The van der Waals surface area contributed by atoms with E-state index in [1.165, 1.54) is 30.4 Å². The summed E-state index contributed by atoms with van der Waals surface area (Å²) in [5, 5.41) is 9.85. The lowest BCUT2D eigenvalue weighted by molar-refractivity contribution is -0.144. The number of rotatable bonds is 11. The first-order valence-corrected chi connectivity index (χ1v) is 16.2. The van der Waals surface area contributed by atoms with Gasteiger partial charge in [0.15, 0.2) is 6.10 Å². The van der Waals surface area contributed by atoms with Gasteiger partial charge in [-0.1, -0.05) is 12.1 Å². The lowest BCUT2D eigenvalue weighted by Crippen LogP contribution is -2.46. The number of anilines is 1. The smallest absolute Gasteiger partial charge is 0.416 e. The topological polar surface area (TPSA) is 75.1 Å². The van der Waals surface area contributed by atoms with E-state index in [1.54, 1.807) is 24.9 Å². The number of alkyl halides is 3. The Morgan fingerprint density at radius 3 is 2.33 bits per heavy atom. The van der Waals surface area contributed by atoms with Crippen LogP contribution in [0.1, 0.15) is 28.6 Å². The number of piperazine rings is 1. The first-order chi connectivity index (χ1) is 21.5. The highest BCUT2D eigenvalue weighted by Gasteiger charge is 2.30. The number of thioether (sulfide) groups is 1. The molecular formula is C33H34F3N3O4S2. The fourth-order valence-corrected chi connectivity index (χ4v) is 7.12. The van der Waals surface area contributed by atoms with Gasteiger partial charge in [-0.25, -0.2) is 9.78 Å². The average molecular weight is 658 g/mol. The van der Waals surface area contributed by atoms with Crippen LogP contribution in [0.5, 0.6) is 11.5 Å². The lowest BCUT2D eigenvalue weighted by atomic mass is 10.1. The number of halogens is 3. The molecule has 5 rings (SSSR count). The molecular weight excluding hydrogens is 624 g/mol. The Bertz CT molecular complexity index is 1600. The quantitative estimate of drug-likeness (QED) is 0.165. The maximum Gasteiger partial charge on any atom is 0.416 e. The van der Waals surface area contributed by atoms with Crippen molar-refractivity contribution < 1.29 is 32.5 Å². The Morgan fingerprint density at radius 2 is 1.73 bits per heavy atom. The Morgan fingerprint density at radius 1 is 1.04 bits per heavy atom. The zero-order chi connectivity index (χ0) is 32.1. The van der Waals surface area contributed by atoms with Crippen molar-refractivity contribution >= 4 is 34.8 Å². The molecule has 1 aliphatic rings. The number of carboxylic acids is 1. The van der Waals surface area contributed by atoms with Crippen LogP contribution in [0.15, 0.2) is 71.6 Å². The number of thiazole rings is 1. The fourth-order valence-electron chi connectivity index (χ4n) is 4.95. The van der Waals surface area contributed by atoms with Gasteiger partial charge in [0.2, 0.25) is 0 Å². The van der Waals surface area contributed by atoms with Crippen molar-refractivity contribution in [3.63, 3.8) is 0 Å². The molecule has 0 amide bonds. The highest BCUT2D eigenvalue weighted by molar-refractivity contribution is 7.98. The molecule has 0 saturated carbocycles. The molecule has 7 nitrogen and oxygen atoms in total. The summed E-state index contributed by atoms with van der Waals surface area (Å²) in [4.78, 5) is 22.9. The average Bonchev–Trinajstić information content (AvgIpc) is 3.43. The highest BCUT2D eigenvalue weighted by Crippen LogP contribution is 2.37. The van der Waals surface area contributed by atoms with Gasteiger partial charge >= 0.3 is 12.1 Å². The number of hydrogen-bond donors (Lipinski definition) is 1. The van der Waals surface area contributed by atoms with Crippen LogP contribution >= 0.6 is 23.1 Å². The minimum absolute atomic E-state index is 0.520. The minimum atomic E-state index is -4.40. The van der Waals surface area contributed by atoms with Gasteiger partial charge < -0.3 is 19.5 Å². The second kappa shape index (κ2) is 14.1.